The summed E-state index contributed by atoms with van der Waals surface area (Å²) in [6.07, 6.45) is 5.33. The van der Waals surface area contributed by atoms with Crippen molar-refractivity contribution in [3.8, 4) is 17.2 Å². The Balaban J connectivity index is 1.73. The molecule has 1 amide bonds. The fourth-order valence-corrected chi connectivity index (χ4v) is 2.17. The van der Waals surface area contributed by atoms with Crippen LogP contribution in [0.4, 0.5) is 0 Å². The van der Waals surface area contributed by atoms with Crippen molar-refractivity contribution in [1.29, 1.82) is 0 Å². The van der Waals surface area contributed by atoms with Crippen molar-refractivity contribution in [3.05, 3.63) is 66.7 Å². The topological polar surface area (TPSA) is 69.2 Å². The second kappa shape index (κ2) is 12.2. The second-order valence-electron chi connectivity index (χ2n) is 5.93. The normalized spacial score (nSPS) is 10.5. The van der Waals surface area contributed by atoms with E-state index in [1.165, 1.54) is 0 Å². The van der Waals surface area contributed by atoms with E-state index < -0.39 is 0 Å². The van der Waals surface area contributed by atoms with Gasteiger partial charge < -0.3 is 14.2 Å². The molecule has 2 aromatic carbocycles. The Morgan fingerprint density at radius 3 is 2.54 bits per heavy atom. The van der Waals surface area contributed by atoms with E-state index in [0.29, 0.717) is 24.7 Å². The summed E-state index contributed by atoms with van der Waals surface area (Å²) in [6.45, 7) is 6.72. The third kappa shape index (κ3) is 7.95. The van der Waals surface area contributed by atoms with Crippen molar-refractivity contribution in [2.75, 3.05) is 19.8 Å². The zero-order valence-corrected chi connectivity index (χ0v) is 16.1. The number of hydrazone groups is 1. The predicted octanol–water partition coefficient (Wildman–Crippen LogP) is 3.96. The Hall–Kier alpha value is -3.28. The molecule has 0 saturated carbocycles. The van der Waals surface area contributed by atoms with E-state index in [-0.39, 0.29) is 12.5 Å². The highest BCUT2D eigenvalue weighted by molar-refractivity contribution is 5.83. The molecule has 0 saturated heterocycles. The highest BCUT2D eigenvalue weighted by atomic mass is 16.5. The molecule has 2 rings (SSSR count). The van der Waals surface area contributed by atoms with E-state index in [1.807, 2.05) is 36.4 Å². The van der Waals surface area contributed by atoms with Crippen molar-refractivity contribution < 1.29 is 19.0 Å². The van der Waals surface area contributed by atoms with E-state index in [0.717, 1.165) is 24.2 Å². The Morgan fingerprint density at radius 2 is 1.82 bits per heavy atom. The molecule has 28 heavy (non-hydrogen) atoms. The first-order chi connectivity index (χ1) is 13.7. The van der Waals surface area contributed by atoms with Gasteiger partial charge in [0.05, 0.1) is 12.8 Å². The van der Waals surface area contributed by atoms with Crippen LogP contribution in [0.2, 0.25) is 0 Å². The molecule has 6 nitrogen and oxygen atoms in total. The second-order valence-corrected chi connectivity index (χ2v) is 5.93. The van der Waals surface area contributed by atoms with Gasteiger partial charge in [-0.15, -0.1) is 0 Å². The van der Waals surface area contributed by atoms with E-state index in [1.54, 1.807) is 24.4 Å². The lowest BCUT2D eigenvalue weighted by molar-refractivity contribution is -0.123. The highest BCUT2D eigenvalue weighted by Crippen LogP contribution is 2.17. The minimum absolute atomic E-state index is 0.129. The van der Waals surface area contributed by atoms with Crippen LogP contribution in [0.15, 0.2) is 66.3 Å². The highest BCUT2D eigenvalue weighted by Gasteiger charge is 2.02. The van der Waals surface area contributed by atoms with E-state index in [9.17, 15) is 4.79 Å². The van der Waals surface area contributed by atoms with Crippen LogP contribution in [0.25, 0.3) is 0 Å². The Kier molecular flexibility index (Phi) is 9.14. The van der Waals surface area contributed by atoms with Gasteiger partial charge in [-0.2, -0.15) is 5.10 Å². The molecule has 0 aliphatic heterocycles. The van der Waals surface area contributed by atoms with E-state index in [2.05, 4.69) is 24.0 Å². The van der Waals surface area contributed by atoms with Crippen molar-refractivity contribution >= 4 is 12.1 Å². The van der Waals surface area contributed by atoms with Gasteiger partial charge in [0.15, 0.2) is 6.61 Å². The lowest BCUT2D eigenvalue weighted by Gasteiger charge is -2.08. The van der Waals surface area contributed by atoms with Gasteiger partial charge in [-0.05, 0) is 48.4 Å². The number of nitrogens with one attached hydrogen (secondary N) is 1. The van der Waals surface area contributed by atoms with Crippen LogP contribution in [-0.4, -0.2) is 31.9 Å². The molecule has 0 spiro atoms. The van der Waals surface area contributed by atoms with Crippen LogP contribution in [-0.2, 0) is 4.79 Å². The number of hydrogen-bond acceptors (Lipinski definition) is 5. The standard InChI is InChI=1S/C22H26N2O4/c1-3-5-14-27-19-9-11-20(12-10-19)28-17-22(25)24-23-16-18-7-6-8-21(15-18)26-13-4-2/h4,6-12,15-16H,2-3,5,13-14,17H2,1H3,(H,24,25)/b23-16+. The number of rotatable bonds is 12. The first kappa shape index (κ1) is 21.0. The number of unbranched alkanes of at least 4 members (excludes halogenated alkanes) is 1. The van der Waals surface area contributed by atoms with Crippen LogP contribution in [0.1, 0.15) is 25.3 Å². The third-order valence-electron chi connectivity index (χ3n) is 3.59. The van der Waals surface area contributed by atoms with Crippen LogP contribution >= 0.6 is 0 Å². The average Bonchev–Trinajstić information content (AvgIpc) is 2.72. The number of amides is 1. The minimum atomic E-state index is -0.349. The summed E-state index contributed by atoms with van der Waals surface area (Å²) in [5, 5.41) is 3.93. The van der Waals surface area contributed by atoms with Gasteiger partial charge in [0.1, 0.15) is 23.9 Å². The summed E-state index contributed by atoms with van der Waals surface area (Å²) in [6, 6.07) is 14.6. The SMILES string of the molecule is C=CCOc1cccc(/C=N/NC(=O)COc2ccc(OCCCC)cc2)c1. The first-order valence-corrected chi connectivity index (χ1v) is 9.22. The maximum absolute atomic E-state index is 11.8. The number of carbonyl (C=O) groups is 1. The molecule has 1 N–H and O–H groups in total. The lowest BCUT2D eigenvalue weighted by atomic mass is 10.2. The van der Waals surface area contributed by atoms with Crippen molar-refractivity contribution in [1.82, 2.24) is 5.43 Å². The van der Waals surface area contributed by atoms with Crippen molar-refractivity contribution in [3.63, 3.8) is 0 Å². The monoisotopic (exact) mass is 382 g/mol. The molecule has 0 atom stereocenters. The molecule has 0 radical (unpaired) electrons. The van der Waals surface area contributed by atoms with Crippen molar-refractivity contribution in [2.24, 2.45) is 5.10 Å². The van der Waals surface area contributed by atoms with Crippen LogP contribution in [0.3, 0.4) is 0 Å². The summed E-state index contributed by atoms with van der Waals surface area (Å²) >= 11 is 0. The summed E-state index contributed by atoms with van der Waals surface area (Å²) in [7, 11) is 0. The van der Waals surface area contributed by atoms with E-state index >= 15 is 0 Å². The quantitative estimate of drug-likeness (QED) is 0.261. The zero-order valence-electron chi connectivity index (χ0n) is 16.1. The molecule has 0 heterocycles. The summed E-state index contributed by atoms with van der Waals surface area (Å²) in [4.78, 5) is 11.8. The average molecular weight is 382 g/mol. The lowest BCUT2D eigenvalue weighted by Crippen LogP contribution is -2.24. The van der Waals surface area contributed by atoms with Gasteiger partial charge >= 0.3 is 0 Å². The summed E-state index contributed by atoms with van der Waals surface area (Å²) in [5.74, 6) is 1.74. The first-order valence-electron chi connectivity index (χ1n) is 9.22. The Bertz CT molecular complexity index is 772. The Labute approximate surface area is 165 Å². The zero-order chi connectivity index (χ0) is 20.0. The summed E-state index contributed by atoms with van der Waals surface area (Å²) in [5.41, 5.74) is 3.24. The minimum Gasteiger partial charge on any atom is -0.494 e. The molecule has 0 bridgehead atoms. The Morgan fingerprint density at radius 1 is 1.07 bits per heavy atom. The molecule has 148 valence electrons. The molecule has 0 aromatic heterocycles. The van der Waals surface area contributed by atoms with Crippen molar-refractivity contribution in [2.45, 2.75) is 19.8 Å². The number of hydrogen-bond donors (Lipinski definition) is 1. The summed E-state index contributed by atoms with van der Waals surface area (Å²) < 4.78 is 16.5. The molecule has 0 aliphatic carbocycles. The van der Waals surface area contributed by atoms with Gasteiger partial charge in [-0.25, -0.2) is 5.43 Å². The number of carbonyl (C=O) groups excluding carboxylic acids is 1. The number of nitrogens with zero attached hydrogens (tertiary/aromatic N) is 1. The van der Waals surface area contributed by atoms with Crippen LogP contribution < -0.4 is 19.6 Å². The molecule has 0 fully saturated rings. The van der Waals surface area contributed by atoms with Crippen LogP contribution in [0.5, 0.6) is 17.2 Å². The van der Waals surface area contributed by atoms with Gasteiger partial charge in [0.25, 0.3) is 5.91 Å². The molecular weight excluding hydrogens is 356 g/mol. The predicted molar refractivity (Wildman–Crippen MR) is 110 cm³/mol. The molecule has 0 aliphatic rings. The maximum Gasteiger partial charge on any atom is 0.277 e. The molecular formula is C22H26N2O4. The third-order valence-corrected chi connectivity index (χ3v) is 3.59. The van der Waals surface area contributed by atoms with Crippen LogP contribution in [0, 0.1) is 0 Å². The smallest absolute Gasteiger partial charge is 0.277 e. The molecule has 2 aromatic rings. The number of benzene rings is 2. The maximum atomic E-state index is 11.8. The fourth-order valence-electron chi connectivity index (χ4n) is 2.17. The molecule has 6 heteroatoms. The van der Waals surface area contributed by atoms with Gasteiger partial charge in [0.2, 0.25) is 0 Å². The van der Waals surface area contributed by atoms with Gasteiger partial charge in [-0.1, -0.05) is 38.1 Å². The fraction of sp³-hybridized carbons (Fsp3) is 0.273. The largest absolute Gasteiger partial charge is 0.494 e. The number of ether oxygens (including phenoxy) is 3. The van der Waals surface area contributed by atoms with E-state index in [4.69, 9.17) is 14.2 Å². The molecule has 0 unspecified atom stereocenters. The van der Waals surface area contributed by atoms with Gasteiger partial charge in [0, 0.05) is 0 Å². The van der Waals surface area contributed by atoms with Gasteiger partial charge in [-0.3, -0.25) is 4.79 Å².